The smallest absolute Gasteiger partial charge is 0.261 e. The number of aliphatic imine (C=N–C) groups is 1. The van der Waals surface area contributed by atoms with E-state index in [4.69, 9.17) is 6.57 Å². The minimum absolute atomic E-state index is 0.0264. The molecular formula is C15H14N6O2. The van der Waals surface area contributed by atoms with Gasteiger partial charge in [0.15, 0.2) is 11.6 Å². The molecule has 8 nitrogen and oxygen atoms in total. The van der Waals surface area contributed by atoms with Crippen LogP contribution in [0.2, 0.25) is 0 Å². The van der Waals surface area contributed by atoms with Crippen LogP contribution < -0.4 is 10.6 Å². The zero-order valence-corrected chi connectivity index (χ0v) is 12.4. The minimum atomic E-state index is -0.530. The van der Waals surface area contributed by atoms with Crippen molar-refractivity contribution < 1.29 is 9.90 Å². The van der Waals surface area contributed by atoms with Crippen LogP contribution in [0.25, 0.3) is 16.1 Å². The first-order valence-electron chi connectivity index (χ1n) is 6.93. The number of carbonyl (C=O) groups excluding carboxylic acids is 1. The van der Waals surface area contributed by atoms with Crippen molar-refractivity contribution in [1.82, 2.24) is 20.4 Å². The SMILES string of the molecule is [C-]#[N+]c1ccc(O)c(C(=O)NC2=NCCN2)c1-c1ccnn1C. The van der Waals surface area contributed by atoms with Crippen molar-refractivity contribution >= 4 is 17.6 Å². The first-order valence-corrected chi connectivity index (χ1v) is 6.93. The van der Waals surface area contributed by atoms with Crippen molar-refractivity contribution in [3.05, 3.63) is 41.4 Å². The molecule has 0 radical (unpaired) electrons. The average molecular weight is 310 g/mol. The fraction of sp³-hybridized carbons (Fsp3) is 0.200. The summed E-state index contributed by atoms with van der Waals surface area (Å²) in [5.41, 5.74) is 1.20. The van der Waals surface area contributed by atoms with Gasteiger partial charge >= 0.3 is 0 Å². The number of amides is 1. The first kappa shape index (κ1) is 14.6. The molecule has 23 heavy (non-hydrogen) atoms. The van der Waals surface area contributed by atoms with Gasteiger partial charge < -0.3 is 10.4 Å². The van der Waals surface area contributed by atoms with E-state index in [0.29, 0.717) is 30.3 Å². The van der Waals surface area contributed by atoms with Crippen LogP contribution in [-0.2, 0) is 7.05 Å². The van der Waals surface area contributed by atoms with Crippen LogP contribution in [0.1, 0.15) is 10.4 Å². The fourth-order valence-corrected chi connectivity index (χ4v) is 2.43. The third-order valence-electron chi connectivity index (χ3n) is 3.49. The van der Waals surface area contributed by atoms with E-state index in [-0.39, 0.29) is 17.0 Å². The zero-order valence-electron chi connectivity index (χ0n) is 12.4. The summed E-state index contributed by atoms with van der Waals surface area (Å²) < 4.78 is 1.55. The Labute approximate surface area is 132 Å². The molecule has 1 aliphatic rings. The van der Waals surface area contributed by atoms with Crippen molar-refractivity contribution in [3.8, 4) is 17.0 Å². The highest BCUT2D eigenvalue weighted by molar-refractivity contribution is 6.12. The van der Waals surface area contributed by atoms with Gasteiger partial charge in [-0.05, 0) is 12.1 Å². The third-order valence-corrected chi connectivity index (χ3v) is 3.49. The maximum atomic E-state index is 12.6. The minimum Gasteiger partial charge on any atom is -0.507 e. The van der Waals surface area contributed by atoms with Gasteiger partial charge in [0.2, 0.25) is 0 Å². The molecule has 0 bridgehead atoms. The van der Waals surface area contributed by atoms with E-state index in [9.17, 15) is 9.90 Å². The lowest BCUT2D eigenvalue weighted by atomic mass is 10.00. The summed E-state index contributed by atoms with van der Waals surface area (Å²) in [5, 5.41) is 19.8. The predicted molar refractivity (Wildman–Crippen MR) is 84.3 cm³/mol. The number of phenolic OH excluding ortho intramolecular Hbond substituents is 1. The largest absolute Gasteiger partial charge is 0.507 e. The second kappa shape index (κ2) is 5.81. The van der Waals surface area contributed by atoms with Crippen molar-refractivity contribution in [3.63, 3.8) is 0 Å². The van der Waals surface area contributed by atoms with Crippen LogP contribution in [0.3, 0.4) is 0 Å². The van der Waals surface area contributed by atoms with Gasteiger partial charge in [0.05, 0.1) is 24.4 Å². The Balaban J connectivity index is 2.13. The summed E-state index contributed by atoms with van der Waals surface area (Å²) in [6.45, 7) is 8.57. The van der Waals surface area contributed by atoms with Crippen LogP contribution in [0.15, 0.2) is 29.4 Å². The van der Waals surface area contributed by atoms with Gasteiger partial charge in [0.1, 0.15) is 5.75 Å². The molecule has 3 N–H and O–H groups in total. The Kier molecular flexibility index (Phi) is 3.68. The number of nitrogens with one attached hydrogen (secondary N) is 2. The van der Waals surface area contributed by atoms with E-state index < -0.39 is 5.91 Å². The van der Waals surface area contributed by atoms with Crippen LogP contribution in [0.4, 0.5) is 5.69 Å². The van der Waals surface area contributed by atoms with E-state index in [1.165, 1.54) is 12.1 Å². The number of hydrogen-bond donors (Lipinski definition) is 3. The summed E-state index contributed by atoms with van der Waals surface area (Å²) >= 11 is 0. The molecule has 0 fully saturated rings. The van der Waals surface area contributed by atoms with Crippen molar-refractivity contribution in [2.75, 3.05) is 13.1 Å². The molecule has 116 valence electrons. The quantitative estimate of drug-likeness (QED) is 0.722. The first-order chi connectivity index (χ1) is 11.1. The number of aromatic hydroxyl groups is 1. The number of phenols is 1. The zero-order chi connectivity index (χ0) is 16.4. The number of carbonyl (C=O) groups is 1. The number of nitrogens with zero attached hydrogens (tertiary/aromatic N) is 4. The Hall–Kier alpha value is -3.34. The monoisotopic (exact) mass is 310 g/mol. The van der Waals surface area contributed by atoms with Gasteiger partial charge in [-0.15, -0.1) is 0 Å². The average Bonchev–Trinajstić information content (AvgIpc) is 3.18. The topological polar surface area (TPSA) is 95.9 Å². The molecule has 0 spiro atoms. The molecule has 1 aliphatic heterocycles. The Morgan fingerprint density at radius 1 is 1.48 bits per heavy atom. The Morgan fingerprint density at radius 3 is 2.91 bits per heavy atom. The molecule has 8 heteroatoms. The maximum absolute atomic E-state index is 12.6. The molecule has 3 rings (SSSR count). The summed E-state index contributed by atoms with van der Waals surface area (Å²) in [6.07, 6.45) is 1.57. The highest BCUT2D eigenvalue weighted by Gasteiger charge is 2.24. The number of rotatable bonds is 2. The lowest BCUT2D eigenvalue weighted by Crippen LogP contribution is -2.38. The van der Waals surface area contributed by atoms with E-state index in [2.05, 4.69) is 25.6 Å². The molecule has 1 aromatic carbocycles. The highest BCUT2D eigenvalue weighted by Crippen LogP contribution is 2.38. The standard InChI is InChI=1S/C15H14N6O2/c1-16-9-3-4-11(22)13(12(9)10-5-6-19-21(10)2)14(23)20-15-17-7-8-18-15/h3-6,22H,7-8H2,2H3,(H2,17,18,20,23). The van der Waals surface area contributed by atoms with Crippen LogP contribution >= 0.6 is 0 Å². The molecule has 0 unspecified atom stereocenters. The van der Waals surface area contributed by atoms with E-state index in [0.717, 1.165) is 0 Å². The fourth-order valence-electron chi connectivity index (χ4n) is 2.43. The van der Waals surface area contributed by atoms with Crippen molar-refractivity contribution in [2.45, 2.75) is 0 Å². The molecule has 2 aromatic rings. The lowest BCUT2D eigenvalue weighted by molar-refractivity contribution is 0.0974. The molecule has 0 saturated heterocycles. The van der Waals surface area contributed by atoms with Gasteiger partial charge in [0, 0.05) is 25.4 Å². The van der Waals surface area contributed by atoms with Crippen LogP contribution in [-0.4, -0.2) is 39.8 Å². The number of aromatic nitrogens is 2. The Bertz CT molecular complexity index is 846. The molecule has 0 atom stereocenters. The van der Waals surface area contributed by atoms with Crippen molar-refractivity contribution in [2.24, 2.45) is 12.0 Å². The van der Waals surface area contributed by atoms with Gasteiger partial charge in [0.25, 0.3) is 5.91 Å². The molecule has 2 heterocycles. The van der Waals surface area contributed by atoms with Crippen molar-refractivity contribution in [1.29, 1.82) is 0 Å². The summed E-state index contributed by atoms with van der Waals surface area (Å²) in [7, 11) is 1.71. The summed E-state index contributed by atoms with van der Waals surface area (Å²) in [4.78, 5) is 20.1. The molecule has 0 saturated carbocycles. The second-order valence-electron chi connectivity index (χ2n) is 4.92. The van der Waals surface area contributed by atoms with Gasteiger partial charge in [-0.25, -0.2) is 4.85 Å². The van der Waals surface area contributed by atoms with Crippen LogP contribution in [0.5, 0.6) is 5.75 Å². The van der Waals surface area contributed by atoms with Gasteiger partial charge in [-0.1, -0.05) is 6.07 Å². The highest BCUT2D eigenvalue weighted by atomic mass is 16.3. The van der Waals surface area contributed by atoms with Gasteiger partial charge in [-0.3, -0.25) is 19.8 Å². The summed E-state index contributed by atoms with van der Waals surface area (Å²) in [6, 6.07) is 4.50. The van der Waals surface area contributed by atoms with Crippen LogP contribution in [0, 0.1) is 6.57 Å². The number of aryl methyl sites for hydroxylation is 1. The normalized spacial score (nSPS) is 13.1. The van der Waals surface area contributed by atoms with Gasteiger partial charge in [-0.2, -0.15) is 5.10 Å². The predicted octanol–water partition coefficient (Wildman–Crippen LogP) is 1.03. The van der Waals surface area contributed by atoms with E-state index >= 15 is 0 Å². The lowest BCUT2D eigenvalue weighted by Gasteiger charge is -2.14. The van der Waals surface area contributed by atoms with E-state index in [1.54, 1.807) is 24.0 Å². The second-order valence-corrected chi connectivity index (χ2v) is 4.92. The molecule has 0 aliphatic carbocycles. The number of benzene rings is 1. The van der Waals surface area contributed by atoms with E-state index in [1.807, 2.05) is 0 Å². The summed E-state index contributed by atoms with van der Waals surface area (Å²) in [5.74, 6) is -0.374. The maximum Gasteiger partial charge on any atom is 0.261 e. The number of hydrogen-bond acceptors (Lipinski definition) is 5. The molecule has 1 aromatic heterocycles. The molecular weight excluding hydrogens is 296 g/mol. The molecule has 1 amide bonds. The Morgan fingerprint density at radius 2 is 2.30 bits per heavy atom. The number of guanidine groups is 1. The third kappa shape index (κ3) is 2.60.